The molecule has 3 aliphatic rings. The summed E-state index contributed by atoms with van der Waals surface area (Å²) < 4.78 is 11.7. The maximum atomic E-state index is 12.9. The van der Waals surface area contributed by atoms with Gasteiger partial charge < -0.3 is 30.7 Å². The number of hydrogen-bond donors (Lipinski definition) is 4. The second-order valence-electron chi connectivity index (χ2n) is 12.9. The lowest BCUT2D eigenvalue weighted by Gasteiger charge is -2.50. The number of hydrogen-bond acceptors (Lipinski definition) is 7. The normalized spacial score (nSPS) is 24.9. The van der Waals surface area contributed by atoms with Gasteiger partial charge >= 0.3 is 5.97 Å². The van der Waals surface area contributed by atoms with Crippen LogP contribution in [0, 0.1) is 17.3 Å². The number of nitrogens with two attached hydrogens (primary N) is 1. The molecule has 2 fully saturated rings. The van der Waals surface area contributed by atoms with Crippen LogP contribution in [-0.2, 0) is 27.4 Å². The van der Waals surface area contributed by atoms with E-state index in [0.717, 1.165) is 44.1 Å². The molecule has 0 spiro atoms. The van der Waals surface area contributed by atoms with E-state index in [2.05, 4.69) is 18.3 Å². The van der Waals surface area contributed by atoms with Gasteiger partial charge in [0.1, 0.15) is 29.8 Å². The number of anilines is 1. The van der Waals surface area contributed by atoms with Crippen molar-refractivity contribution < 1.29 is 34.1 Å². The minimum Gasteiger partial charge on any atom is -0.508 e. The Bertz CT molecular complexity index is 1610. The van der Waals surface area contributed by atoms with E-state index in [0.29, 0.717) is 23.5 Å². The van der Waals surface area contributed by atoms with Gasteiger partial charge in [0, 0.05) is 11.8 Å². The third-order valence-electron chi connectivity index (χ3n) is 10.4. The average Bonchev–Trinajstić information content (AvgIpc) is 3.35. The summed E-state index contributed by atoms with van der Waals surface area (Å²) in [5.41, 5.74) is 8.67. The summed E-state index contributed by atoms with van der Waals surface area (Å²) in [6.07, 6.45) is 5.41. The number of aromatic hydroxyl groups is 2. The molecule has 0 radical (unpaired) electrons. The second-order valence-corrected chi connectivity index (χ2v) is 12.9. The number of esters is 1. The molecule has 5 N–H and O–H groups in total. The molecule has 236 valence electrons. The highest BCUT2D eigenvalue weighted by Gasteiger charge is 2.56. The highest BCUT2D eigenvalue weighted by atomic mass is 16.5. The first-order chi connectivity index (χ1) is 21.6. The van der Waals surface area contributed by atoms with E-state index in [1.54, 1.807) is 6.07 Å². The summed E-state index contributed by atoms with van der Waals surface area (Å²) in [5, 5.41) is 23.3. The molecule has 45 heavy (non-hydrogen) atoms. The van der Waals surface area contributed by atoms with Crippen LogP contribution in [0.1, 0.15) is 84.8 Å². The van der Waals surface area contributed by atoms with E-state index in [4.69, 9.17) is 15.2 Å². The number of carbonyl (C=O) groups excluding carboxylic acids is 3. The minimum absolute atomic E-state index is 0.00130. The zero-order chi connectivity index (χ0) is 31.7. The van der Waals surface area contributed by atoms with Gasteiger partial charge in [0.05, 0.1) is 12.1 Å². The molecule has 3 aliphatic carbocycles. The Hall–Kier alpha value is -4.53. The Kier molecular flexibility index (Phi) is 8.44. The predicted molar refractivity (Wildman–Crippen MR) is 168 cm³/mol. The van der Waals surface area contributed by atoms with Crippen LogP contribution in [0.4, 0.5) is 5.69 Å². The molecule has 2 saturated carbocycles. The fourth-order valence-corrected chi connectivity index (χ4v) is 8.13. The van der Waals surface area contributed by atoms with Crippen LogP contribution in [0.3, 0.4) is 0 Å². The summed E-state index contributed by atoms with van der Waals surface area (Å²) in [6, 6.07) is 18.0. The number of carbonyl (C=O) groups is 3. The van der Waals surface area contributed by atoms with Crippen LogP contribution in [-0.4, -0.2) is 34.1 Å². The van der Waals surface area contributed by atoms with Crippen molar-refractivity contribution >= 4 is 23.5 Å². The van der Waals surface area contributed by atoms with E-state index in [1.807, 2.05) is 36.4 Å². The predicted octanol–water partition coefficient (Wildman–Crippen LogP) is 5.96. The van der Waals surface area contributed by atoms with Crippen LogP contribution >= 0.6 is 0 Å². The molecule has 0 aliphatic heterocycles. The Morgan fingerprint density at radius 1 is 0.978 bits per heavy atom. The summed E-state index contributed by atoms with van der Waals surface area (Å²) >= 11 is 0. The first-order valence-electron chi connectivity index (χ1n) is 15.8. The van der Waals surface area contributed by atoms with E-state index in [-0.39, 0.29) is 48.0 Å². The third kappa shape index (κ3) is 6.08. The molecule has 5 atom stereocenters. The van der Waals surface area contributed by atoms with Crippen molar-refractivity contribution in [2.45, 2.75) is 76.9 Å². The summed E-state index contributed by atoms with van der Waals surface area (Å²) in [6.45, 7) is 2.42. The Morgan fingerprint density at radius 2 is 1.78 bits per heavy atom. The number of fused-ring (bicyclic) bond motifs is 5. The van der Waals surface area contributed by atoms with Gasteiger partial charge in [-0.1, -0.05) is 43.3 Å². The lowest BCUT2D eigenvalue weighted by molar-refractivity contribution is -0.158. The molecule has 0 aromatic heterocycles. The molecule has 9 nitrogen and oxygen atoms in total. The van der Waals surface area contributed by atoms with E-state index in [1.165, 1.54) is 23.3 Å². The van der Waals surface area contributed by atoms with Crippen molar-refractivity contribution in [3.63, 3.8) is 0 Å². The van der Waals surface area contributed by atoms with Gasteiger partial charge in [0.15, 0.2) is 5.75 Å². The number of phenols is 2. The minimum atomic E-state index is -0.899. The SMILES string of the molecule is CC12CCC3c4ccc(O)cc4CCC3C1CCC2OC(=O)CCC(=O)Nc1ccc(OCc2ccccc2)c(C(N)=O)c1O. The van der Waals surface area contributed by atoms with Crippen molar-refractivity contribution in [1.82, 2.24) is 0 Å². The number of benzene rings is 3. The molecule has 0 bridgehead atoms. The monoisotopic (exact) mass is 612 g/mol. The maximum absolute atomic E-state index is 12.9. The van der Waals surface area contributed by atoms with Gasteiger partial charge in [0.2, 0.25) is 5.91 Å². The fourth-order valence-electron chi connectivity index (χ4n) is 8.13. The lowest BCUT2D eigenvalue weighted by Crippen LogP contribution is -2.45. The van der Waals surface area contributed by atoms with E-state index >= 15 is 0 Å². The maximum Gasteiger partial charge on any atom is 0.306 e. The molecule has 3 aromatic carbocycles. The number of amides is 2. The Morgan fingerprint density at radius 3 is 2.56 bits per heavy atom. The van der Waals surface area contributed by atoms with Crippen molar-refractivity contribution in [3.05, 3.63) is 82.9 Å². The quantitative estimate of drug-likeness (QED) is 0.172. The van der Waals surface area contributed by atoms with Crippen molar-refractivity contribution in [2.75, 3.05) is 5.32 Å². The van der Waals surface area contributed by atoms with E-state index in [9.17, 15) is 24.6 Å². The number of ether oxygens (including phenoxy) is 2. The Labute approximate surface area is 262 Å². The van der Waals surface area contributed by atoms with Gasteiger partial charge in [-0.05, 0) is 97.2 Å². The molecule has 2 amide bonds. The number of nitrogens with one attached hydrogen (secondary N) is 1. The fraction of sp³-hybridized carbons (Fsp3) is 0.417. The summed E-state index contributed by atoms with van der Waals surface area (Å²) in [7, 11) is 0. The van der Waals surface area contributed by atoms with Crippen LogP contribution in [0.15, 0.2) is 60.7 Å². The van der Waals surface area contributed by atoms with Gasteiger partial charge in [-0.25, -0.2) is 0 Å². The van der Waals surface area contributed by atoms with Gasteiger partial charge in [0.25, 0.3) is 5.91 Å². The first kappa shape index (κ1) is 30.5. The highest BCUT2D eigenvalue weighted by Crippen LogP contribution is 2.61. The van der Waals surface area contributed by atoms with Crippen molar-refractivity contribution in [2.24, 2.45) is 23.0 Å². The molecule has 0 saturated heterocycles. The van der Waals surface area contributed by atoms with Crippen molar-refractivity contribution in [3.8, 4) is 17.2 Å². The van der Waals surface area contributed by atoms with Gasteiger partial charge in [-0.3, -0.25) is 14.4 Å². The number of phenolic OH excluding ortho intramolecular Hbond substituents is 1. The smallest absolute Gasteiger partial charge is 0.306 e. The van der Waals surface area contributed by atoms with Crippen LogP contribution < -0.4 is 15.8 Å². The lowest BCUT2D eigenvalue weighted by atomic mass is 9.55. The van der Waals surface area contributed by atoms with Crippen molar-refractivity contribution in [1.29, 1.82) is 0 Å². The third-order valence-corrected chi connectivity index (χ3v) is 10.4. The molecule has 5 unspecified atom stereocenters. The highest BCUT2D eigenvalue weighted by molar-refractivity contribution is 6.02. The van der Waals surface area contributed by atoms with Gasteiger partial charge in [-0.2, -0.15) is 0 Å². The molecule has 0 heterocycles. The van der Waals surface area contributed by atoms with Gasteiger partial charge in [-0.15, -0.1) is 0 Å². The average molecular weight is 613 g/mol. The second kappa shape index (κ2) is 12.5. The number of rotatable bonds is 9. The molecule has 6 rings (SSSR count). The zero-order valence-electron chi connectivity index (χ0n) is 25.5. The molecular weight excluding hydrogens is 572 g/mol. The summed E-state index contributed by atoms with van der Waals surface area (Å²) in [4.78, 5) is 37.8. The first-order valence-corrected chi connectivity index (χ1v) is 15.8. The van der Waals surface area contributed by atoms with Crippen LogP contribution in [0.5, 0.6) is 17.2 Å². The standard InChI is InChI=1S/C36H40N2O7/c1-36-18-17-25-24-10-8-23(39)19-22(24)7-9-26(25)27(36)11-14-30(36)45-32(41)16-15-31(40)38-28-12-13-29(33(34(28)42)35(37)43)44-20-21-5-3-2-4-6-21/h2-6,8,10,12-13,19,25-27,30,39,42H,7,9,11,14-18,20H2,1H3,(H2,37,43)(H,38,40). The van der Waals surface area contributed by atoms with E-state index < -0.39 is 23.5 Å². The topological polar surface area (TPSA) is 148 Å². The van der Waals surface area contributed by atoms with Crippen LogP contribution in [0.2, 0.25) is 0 Å². The molecule has 9 heteroatoms. The summed E-state index contributed by atoms with van der Waals surface area (Å²) in [5.74, 6) is -0.431. The zero-order valence-corrected chi connectivity index (χ0v) is 25.5. The Balaban J connectivity index is 1.03. The number of primary amides is 1. The largest absolute Gasteiger partial charge is 0.508 e. The molecular formula is C36H40N2O7. The van der Waals surface area contributed by atoms with Crippen LogP contribution in [0.25, 0.3) is 0 Å². The molecule has 3 aromatic rings. The number of aryl methyl sites for hydroxylation is 1.